The molecule has 0 saturated carbocycles. The second-order valence-electron chi connectivity index (χ2n) is 13.8. The maximum atomic E-state index is 6.68. The van der Waals surface area contributed by atoms with Crippen LogP contribution in [-0.4, -0.2) is 19.9 Å². The Balaban J connectivity index is 1.17. The van der Waals surface area contributed by atoms with Crippen LogP contribution in [0.3, 0.4) is 0 Å². The minimum absolute atomic E-state index is 0.227. The number of para-hydroxylation sites is 1. The highest BCUT2D eigenvalue weighted by atomic mass is 16.3. The van der Waals surface area contributed by atoms with E-state index in [1.807, 2.05) is 54.7 Å². The zero-order valence-corrected chi connectivity index (χ0v) is 28.7. The van der Waals surface area contributed by atoms with Gasteiger partial charge in [0.25, 0.3) is 0 Å². The Hall–Kier alpha value is -6.72. The van der Waals surface area contributed by atoms with E-state index in [-0.39, 0.29) is 5.41 Å². The number of benzene rings is 6. The summed E-state index contributed by atoms with van der Waals surface area (Å²) >= 11 is 0. The first-order valence-corrected chi connectivity index (χ1v) is 17.6. The van der Waals surface area contributed by atoms with Crippen molar-refractivity contribution in [2.24, 2.45) is 0 Å². The van der Waals surface area contributed by atoms with Gasteiger partial charge in [-0.1, -0.05) is 147 Å². The lowest BCUT2D eigenvalue weighted by Crippen LogP contribution is -2.17. The van der Waals surface area contributed by atoms with E-state index < -0.39 is 0 Å². The van der Waals surface area contributed by atoms with E-state index in [1.165, 1.54) is 22.3 Å². The third-order valence-corrected chi connectivity index (χ3v) is 10.4. The van der Waals surface area contributed by atoms with Gasteiger partial charge in [0.05, 0.1) is 5.69 Å². The van der Waals surface area contributed by atoms with Gasteiger partial charge in [-0.3, -0.25) is 4.98 Å². The molecule has 10 rings (SSSR count). The molecule has 1 aliphatic rings. The summed E-state index contributed by atoms with van der Waals surface area (Å²) < 4.78 is 6.68. The second kappa shape index (κ2) is 11.7. The Morgan fingerprint density at radius 1 is 0.462 bits per heavy atom. The number of furan rings is 1. The summed E-state index contributed by atoms with van der Waals surface area (Å²) in [6, 6.07) is 52.3. The molecule has 0 spiro atoms. The fraction of sp³-hybridized carbons (Fsp3) is 0.0638. The molecule has 0 fully saturated rings. The topological polar surface area (TPSA) is 64.7 Å². The van der Waals surface area contributed by atoms with Crippen LogP contribution in [0.25, 0.3) is 89.6 Å². The monoisotopic (exact) mass is 668 g/mol. The van der Waals surface area contributed by atoms with Crippen LogP contribution in [0, 0.1) is 0 Å². The van der Waals surface area contributed by atoms with Gasteiger partial charge >= 0.3 is 0 Å². The van der Waals surface area contributed by atoms with Gasteiger partial charge in [0.15, 0.2) is 17.5 Å². The molecular weight excluding hydrogens is 637 g/mol. The van der Waals surface area contributed by atoms with Crippen LogP contribution in [0.5, 0.6) is 0 Å². The summed E-state index contributed by atoms with van der Waals surface area (Å²) in [5.41, 5.74) is 13.4. The van der Waals surface area contributed by atoms with E-state index in [1.54, 1.807) is 0 Å². The largest absolute Gasteiger partial charge is 0.455 e. The van der Waals surface area contributed by atoms with Crippen LogP contribution >= 0.6 is 0 Å². The van der Waals surface area contributed by atoms with Gasteiger partial charge in [-0.15, -0.1) is 0 Å². The van der Waals surface area contributed by atoms with Crippen molar-refractivity contribution < 1.29 is 4.42 Å². The molecule has 3 heterocycles. The summed E-state index contributed by atoms with van der Waals surface area (Å²) in [7, 11) is 0. The van der Waals surface area contributed by atoms with Crippen LogP contribution in [0.15, 0.2) is 162 Å². The SMILES string of the molecule is CC1(C)c2ccccc2-c2cccc(-c3nc(-c4ccccc4)nc(-c4cccc5oc6c(-c7ccc(-c8ccccn8)cc7)cccc6c45)n3)c21. The van der Waals surface area contributed by atoms with E-state index in [2.05, 4.69) is 122 Å². The molecule has 9 aromatic rings. The Labute approximate surface area is 301 Å². The van der Waals surface area contributed by atoms with Crippen molar-refractivity contribution in [1.29, 1.82) is 0 Å². The molecule has 0 bridgehead atoms. The molecule has 0 radical (unpaired) electrons. The fourth-order valence-electron chi connectivity index (χ4n) is 7.98. The van der Waals surface area contributed by atoms with Crippen molar-refractivity contribution in [2.45, 2.75) is 19.3 Å². The molecular formula is C47H32N4O. The Kier molecular flexibility index (Phi) is 6.77. The smallest absolute Gasteiger partial charge is 0.164 e. The molecule has 52 heavy (non-hydrogen) atoms. The first kappa shape index (κ1) is 30.1. The minimum Gasteiger partial charge on any atom is -0.455 e. The van der Waals surface area contributed by atoms with Crippen molar-refractivity contribution in [1.82, 2.24) is 19.9 Å². The fourth-order valence-corrected chi connectivity index (χ4v) is 7.98. The second-order valence-corrected chi connectivity index (χ2v) is 13.8. The quantitative estimate of drug-likeness (QED) is 0.183. The zero-order valence-electron chi connectivity index (χ0n) is 28.7. The number of nitrogens with zero attached hydrogens (tertiary/aromatic N) is 4. The number of hydrogen-bond acceptors (Lipinski definition) is 5. The summed E-state index contributed by atoms with van der Waals surface area (Å²) in [5.74, 6) is 1.89. The number of aromatic nitrogens is 4. The highest BCUT2D eigenvalue weighted by molar-refractivity contribution is 6.15. The Morgan fingerprint density at radius 2 is 1.10 bits per heavy atom. The van der Waals surface area contributed by atoms with Crippen molar-refractivity contribution in [3.8, 4) is 67.7 Å². The van der Waals surface area contributed by atoms with Gasteiger partial charge in [-0.05, 0) is 46.0 Å². The standard InChI is InChI=1S/C47H32N4O/c1-47(2)38-21-7-6-15-33(38)34-17-11-20-37(42(34)47)46-50-44(31-13-4-3-5-14-31)49-45(51-46)36-19-12-23-40-41(36)35-18-10-16-32(43(35)52-40)29-24-26-30(27-25-29)39-22-8-9-28-48-39/h3-28H,1-2H3. The van der Waals surface area contributed by atoms with Crippen LogP contribution in [0.4, 0.5) is 0 Å². The molecule has 3 aromatic heterocycles. The first-order chi connectivity index (χ1) is 25.5. The van der Waals surface area contributed by atoms with Gasteiger partial charge < -0.3 is 4.42 Å². The van der Waals surface area contributed by atoms with Crippen LogP contribution in [0.2, 0.25) is 0 Å². The molecule has 0 amide bonds. The van der Waals surface area contributed by atoms with Crippen molar-refractivity contribution in [3.05, 3.63) is 169 Å². The average Bonchev–Trinajstić information content (AvgIpc) is 3.71. The van der Waals surface area contributed by atoms with Crippen molar-refractivity contribution in [3.63, 3.8) is 0 Å². The zero-order chi connectivity index (χ0) is 34.8. The predicted molar refractivity (Wildman–Crippen MR) is 210 cm³/mol. The van der Waals surface area contributed by atoms with E-state index in [0.717, 1.165) is 61.0 Å². The van der Waals surface area contributed by atoms with Crippen LogP contribution in [-0.2, 0) is 5.41 Å². The molecule has 0 saturated heterocycles. The van der Waals surface area contributed by atoms with Gasteiger partial charge in [0, 0.05) is 50.2 Å². The summed E-state index contributed by atoms with van der Waals surface area (Å²) in [5, 5.41) is 1.99. The van der Waals surface area contributed by atoms with Crippen LogP contribution < -0.4 is 0 Å². The van der Waals surface area contributed by atoms with E-state index in [4.69, 9.17) is 19.4 Å². The normalized spacial score (nSPS) is 13.0. The third kappa shape index (κ3) is 4.70. The lowest BCUT2D eigenvalue weighted by molar-refractivity contribution is 0.661. The summed E-state index contributed by atoms with van der Waals surface area (Å²) in [6.45, 7) is 4.59. The molecule has 0 unspecified atom stereocenters. The van der Waals surface area contributed by atoms with E-state index in [9.17, 15) is 0 Å². The van der Waals surface area contributed by atoms with Crippen LogP contribution in [0.1, 0.15) is 25.0 Å². The molecule has 0 N–H and O–H groups in total. The van der Waals surface area contributed by atoms with Crippen molar-refractivity contribution >= 4 is 21.9 Å². The maximum absolute atomic E-state index is 6.68. The Morgan fingerprint density at radius 3 is 1.92 bits per heavy atom. The maximum Gasteiger partial charge on any atom is 0.164 e. The van der Waals surface area contributed by atoms with E-state index >= 15 is 0 Å². The lowest BCUT2D eigenvalue weighted by Gasteiger charge is -2.24. The molecule has 0 atom stereocenters. The van der Waals surface area contributed by atoms with Gasteiger partial charge in [-0.25, -0.2) is 15.0 Å². The third-order valence-electron chi connectivity index (χ3n) is 10.4. The molecule has 6 aromatic carbocycles. The highest BCUT2D eigenvalue weighted by Gasteiger charge is 2.38. The highest BCUT2D eigenvalue weighted by Crippen LogP contribution is 2.52. The van der Waals surface area contributed by atoms with E-state index in [0.29, 0.717) is 17.5 Å². The molecule has 5 heteroatoms. The predicted octanol–water partition coefficient (Wildman–Crippen LogP) is 11.8. The van der Waals surface area contributed by atoms with Gasteiger partial charge in [0.2, 0.25) is 0 Å². The minimum atomic E-state index is -0.227. The first-order valence-electron chi connectivity index (χ1n) is 17.6. The number of fused-ring (bicyclic) bond motifs is 6. The summed E-state index contributed by atoms with van der Waals surface area (Å²) in [4.78, 5) is 20.1. The van der Waals surface area contributed by atoms with Gasteiger partial charge in [0.1, 0.15) is 11.2 Å². The van der Waals surface area contributed by atoms with Gasteiger partial charge in [-0.2, -0.15) is 0 Å². The summed E-state index contributed by atoms with van der Waals surface area (Å²) in [6.07, 6.45) is 1.82. The molecule has 246 valence electrons. The van der Waals surface area contributed by atoms with Crippen molar-refractivity contribution in [2.75, 3.05) is 0 Å². The number of pyridine rings is 1. The number of rotatable bonds is 5. The lowest BCUT2D eigenvalue weighted by atomic mass is 9.80. The molecule has 1 aliphatic carbocycles. The number of hydrogen-bond donors (Lipinski definition) is 0. The average molecular weight is 669 g/mol. The molecule has 0 aliphatic heterocycles. The Bertz CT molecular complexity index is 2800. The molecule has 5 nitrogen and oxygen atoms in total.